The molecule has 3 rings (SSSR count). The maximum atomic E-state index is 5.84. The molecule has 2 aliphatic rings. The van der Waals surface area contributed by atoms with E-state index in [2.05, 4.69) is 35.9 Å². The summed E-state index contributed by atoms with van der Waals surface area (Å²) in [7, 11) is 0. The lowest BCUT2D eigenvalue weighted by Gasteiger charge is -2.31. The molecule has 0 atom stereocenters. The molecule has 1 fully saturated rings. The van der Waals surface area contributed by atoms with E-state index < -0.39 is 0 Å². The molecule has 1 aliphatic heterocycles. The van der Waals surface area contributed by atoms with Gasteiger partial charge < -0.3 is 4.74 Å². The van der Waals surface area contributed by atoms with E-state index in [1.165, 1.54) is 30.6 Å². The van der Waals surface area contributed by atoms with Gasteiger partial charge in [-0.15, -0.1) is 0 Å². The molecule has 3 heteroatoms. The fourth-order valence-corrected chi connectivity index (χ4v) is 2.90. The first-order valence-electron chi connectivity index (χ1n) is 7.44. The Morgan fingerprint density at radius 1 is 1.42 bits per heavy atom. The van der Waals surface area contributed by atoms with Crippen LogP contribution in [-0.2, 0) is 17.7 Å². The summed E-state index contributed by atoms with van der Waals surface area (Å²) in [5, 5.41) is 0. The largest absolute Gasteiger partial charge is 0.378 e. The highest BCUT2D eigenvalue weighted by atomic mass is 16.5. The summed E-state index contributed by atoms with van der Waals surface area (Å²) in [5.41, 5.74) is 3.15. The number of hydrogen-bond donors (Lipinski definition) is 0. The molecular formula is C16H24N2O. The number of ether oxygens (including phenoxy) is 1. The van der Waals surface area contributed by atoms with Crippen LogP contribution < -0.4 is 0 Å². The standard InChI is InChI=1S/C16H24N2O/c1-13(2)19-12-16(6-7-16)11-18-9-5-15-14(10-18)4-3-8-17-15/h3-4,8,13H,5-7,9-12H2,1-2H3. The van der Waals surface area contributed by atoms with Crippen molar-refractivity contribution >= 4 is 0 Å². The van der Waals surface area contributed by atoms with Crippen molar-refractivity contribution in [2.75, 3.05) is 19.7 Å². The number of fused-ring (bicyclic) bond motifs is 1. The Balaban J connectivity index is 1.57. The fourth-order valence-electron chi connectivity index (χ4n) is 2.90. The number of aromatic nitrogens is 1. The van der Waals surface area contributed by atoms with Gasteiger partial charge in [0.15, 0.2) is 0 Å². The zero-order valence-electron chi connectivity index (χ0n) is 12.1. The molecule has 1 aliphatic carbocycles. The monoisotopic (exact) mass is 260 g/mol. The van der Waals surface area contributed by atoms with Crippen LogP contribution in [0.5, 0.6) is 0 Å². The van der Waals surface area contributed by atoms with Crippen molar-refractivity contribution in [2.24, 2.45) is 5.41 Å². The topological polar surface area (TPSA) is 25.4 Å². The predicted octanol–water partition coefficient (Wildman–Crippen LogP) is 2.64. The minimum Gasteiger partial charge on any atom is -0.378 e. The van der Waals surface area contributed by atoms with Gasteiger partial charge in [0, 0.05) is 43.4 Å². The lowest BCUT2D eigenvalue weighted by atomic mass is 10.0. The van der Waals surface area contributed by atoms with Crippen molar-refractivity contribution in [3.05, 3.63) is 29.6 Å². The highest BCUT2D eigenvalue weighted by molar-refractivity contribution is 5.22. The molecule has 1 aromatic heterocycles. The molecule has 2 heterocycles. The summed E-state index contributed by atoms with van der Waals surface area (Å²) in [6.07, 6.45) is 6.01. The van der Waals surface area contributed by atoms with Crippen LogP contribution in [0.2, 0.25) is 0 Å². The third kappa shape index (κ3) is 3.15. The molecular weight excluding hydrogens is 236 g/mol. The summed E-state index contributed by atoms with van der Waals surface area (Å²) in [5.74, 6) is 0. The van der Waals surface area contributed by atoms with Gasteiger partial charge in [-0.3, -0.25) is 9.88 Å². The maximum absolute atomic E-state index is 5.84. The lowest BCUT2D eigenvalue weighted by molar-refractivity contribution is 0.0292. The second-order valence-corrected chi connectivity index (χ2v) is 6.43. The molecule has 1 saturated carbocycles. The Kier molecular flexibility index (Phi) is 3.59. The minimum atomic E-state index is 0.351. The predicted molar refractivity (Wildman–Crippen MR) is 76.0 cm³/mol. The van der Waals surface area contributed by atoms with Crippen LogP contribution in [-0.4, -0.2) is 35.7 Å². The number of pyridine rings is 1. The van der Waals surface area contributed by atoms with E-state index in [9.17, 15) is 0 Å². The van der Waals surface area contributed by atoms with Gasteiger partial charge in [0.1, 0.15) is 0 Å². The van der Waals surface area contributed by atoms with Crippen LogP contribution in [0.1, 0.15) is 37.9 Å². The van der Waals surface area contributed by atoms with E-state index in [0.717, 1.165) is 26.1 Å². The van der Waals surface area contributed by atoms with Crippen molar-refractivity contribution in [3.63, 3.8) is 0 Å². The molecule has 1 aromatic rings. The van der Waals surface area contributed by atoms with E-state index in [-0.39, 0.29) is 0 Å². The lowest BCUT2D eigenvalue weighted by Crippen LogP contribution is -2.37. The van der Waals surface area contributed by atoms with E-state index in [1.807, 2.05) is 6.20 Å². The van der Waals surface area contributed by atoms with Crippen LogP contribution in [0.25, 0.3) is 0 Å². The highest BCUT2D eigenvalue weighted by Crippen LogP contribution is 2.47. The van der Waals surface area contributed by atoms with Crippen molar-refractivity contribution in [3.8, 4) is 0 Å². The molecule has 0 radical (unpaired) electrons. The van der Waals surface area contributed by atoms with E-state index in [0.29, 0.717) is 11.5 Å². The molecule has 0 saturated heterocycles. The van der Waals surface area contributed by atoms with Gasteiger partial charge in [0.2, 0.25) is 0 Å². The van der Waals surface area contributed by atoms with Crippen LogP contribution in [0, 0.1) is 5.41 Å². The number of nitrogens with zero attached hydrogens (tertiary/aromatic N) is 2. The van der Waals surface area contributed by atoms with Crippen LogP contribution in [0.15, 0.2) is 18.3 Å². The summed E-state index contributed by atoms with van der Waals surface area (Å²) >= 11 is 0. The van der Waals surface area contributed by atoms with Crippen LogP contribution in [0.4, 0.5) is 0 Å². The molecule has 0 N–H and O–H groups in total. The Bertz CT molecular complexity index is 440. The first-order chi connectivity index (χ1) is 9.17. The molecule has 19 heavy (non-hydrogen) atoms. The fraction of sp³-hybridized carbons (Fsp3) is 0.688. The average Bonchev–Trinajstić information content (AvgIpc) is 3.17. The number of rotatable bonds is 5. The summed E-state index contributed by atoms with van der Waals surface area (Å²) < 4.78 is 5.84. The number of hydrogen-bond acceptors (Lipinski definition) is 3. The van der Waals surface area contributed by atoms with E-state index in [1.54, 1.807) is 0 Å². The summed E-state index contributed by atoms with van der Waals surface area (Å²) in [6, 6.07) is 4.27. The second-order valence-electron chi connectivity index (χ2n) is 6.43. The van der Waals surface area contributed by atoms with Crippen molar-refractivity contribution in [1.82, 2.24) is 9.88 Å². The van der Waals surface area contributed by atoms with Gasteiger partial charge in [-0.25, -0.2) is 0 Å². The molecule has 0 aromatic carbocycles. The quantitative estimate of drug-likeness (QED) is 0.814. The van der Waals surface area contributed by atoms with Gasteiger partial charge in [-0.2, -0.15) is 0 Å². The smallest absolute Gasteiger partial charge is 0.0538 e. The van der Waals surface area contributed by atoms with Gasteiger partial charge in [-0.05, 0) is 38.3 Å². The summed E-state index contributed by atoms with van der Waals surface area (Å²) in [6.45, 7) is 8.58. The molecule has 0 amide bonds. The van der Waals surface area contributed by atoms with Crippen molar-refractivity contribution in [2.45, 2.75) is 45.8 Å². The molecule has 104 valence electrons. The molecule has 0 bridgehead atoms. The Hall–Kier alpha value is -0.930. The van der Waals surface area contributed by atoms with E-state index >= 15 is 0 Å². The highest BCUT2D eigenvalue weighted by Gasteiger charge is 2.44. The normalized spacial score (nSPS) is 21.4. The zero-order valence-corrected chi connectivity index (χ0v) is 12.1. The first kappa shape index (κ1) is 13.1. The van der Waals surface area contributed by atoms with Crippen molar-refractivity contribution < 1.29 is 4.74 Å². The van der Waals surface area contributed by atoms with Crippen molar-refractivity contribution in [1.29, 1.82) is 0 Å². The Morgan fingerprint density at radius 3 is 3.00 bits per heavy atom. The Morgan fingerprint density at radius 2 is 2.26 bits per heavy atom. The average molecular weight is 260 g/mol. The third-order valence-electron chi connectivity index (χ3n) is 4.28. The minimum absolute atomic E-state index is 0.351. The SMILES string of the molecule is CC(C)OCC1(CN2CCc3ncccc3C2)CC1. The first-order valence-corrected chi connectivity index (χ1v) is 7.44. The Labute approximate surface area is 116 Å². The second kappa shape index (κ2) is 5.22. The molecule has 0 unspecified atom stereocenters. The van der Waals surface area contributed by atoms with E-state index in [4.69, 9.17) is 4.74 Å². The van der Waals surface area contributed by atoms with Gasteiger partial charge in [0.05, 0.1) is 12.7 Å². The van der Waals surface area contributed by atoms with Gasteiger partial charge in [0.25, 0.3) is 0 Å². The van der Waals surface area contributed by atoms with Crippen LogP contribution >= 0.6 is 0 Å². The molecule has 0 spiro atoms. The molecule has 3 nitrogen and oxygen atoms in total. The third-order valence-corrected chi connectivity index (χ3v) is 4.28. The van der Waals surface area contributed by atoms with Crippen LogP contribution in [0.3, 0.4) is 0 Å². The maximum Gasteiger partial charge on any atom is 0.0538 e. The zero-order chi connectivity index (χ0) is 13.3. The van der Waals surface area contributed by atoms with Gasteiger partial charge >= 0.3 is 0 Å². The van der Waals surface area contributed by atoms with Gasteiger partial charge in [-0.1, -0.05) is 6.07 Å². The summed E-state index contributed by atoms with van der Waals surface area (Å²) in [4.78, 5) is 7.06.